The Bertz CT molecular complexity index is 1080. The fraction of sp³-hybridized carbons (Fsp3) is 0.333. The zero-order chi connectivity index (χ0) is 22.3. The summed E-state index contributed by atoms with van der Waals surface area (Å²) in [5.74, 6) is 1.13. The second-order valence-electron chi connectivity index (χ2n) is 7.89. The largest absolute Gasteiger partial charge is 0.339 e. The van der Waals surface area contributed by atoms with Crippen molar-refractivity contribution in [3.05, 3.63) is 65.0 Å². The number of aryl methyl sites for hydroxylation is 1. The second-order valence-corrected chi connectivity index (χ2v) is 8.33. The third-order valence-electron chi connectivity index (χ3n) is 5.37. The molecule has 1 aliphatic rings. The minimum Gasteiger partial charge on any atom is -0.339 e. The van der Waals surface area contributed by atoms with Gasteiger partial charge in [0.15, 0.2) is 0 Å². The first-order valence-corrected chi connectivity index (χ1v) is 11.2. The molecule has 1 N–H and O–H groups in total. The molecule has 0 atom stereocenters. The molecule has 8 heteroatoms. The van der Waals surface area contributed by atoms with Crippen LogP contribution in [0.5, 0.6) is 0 Å². The highest BCUT2D eigenvalue weighted by Gasteiger charge is 2.18. The van der Waals surface area contributed by atoms with Crippen LogP contribution in [0.2, 0.25) is 5.02 Å². The quantitative estimate of drug-likeness (QED) is 0.527. The van der Waals surface area contributed by atoms with Gasteiger partial charge in [-0.05, 0) is 61.2 Å². The number of anilines is 1. The van der Waals surface area contributed by atoms with Crippen molar-refractivity contribution in [2.24, 2.45) is 0 Å². The van der Waals surface area contributed by atoms with E-state index < -0.39 is 0 Å². The van der Waals surface area contributed by atoms with Crippen LogP contribution in [0.3, 0.4) is 0 Å². The van der Waals surface area contributed by atoms with Gasteiger partial charge in [0.2, 0.25) is 23.5 Å². The average Bonchev–Trinajstić information content (AvgIpc) is 3.25. The van der Waals surface area contributed by atoms with Crippen molar-refractivity contribution in [2.75, 3.05) is 11.9 Å². The maximum atomic E-state index is 12.4. The molecular formula is C24H25ClN4O3. The van der Waals surface area contributed by atoms with Crippen molar-refractivity contribution in [1.82, 2.24) is 15.0 Å². The van der Waals surface area contributed by atoms with E-state index in [0.29, 0.717) is 49.0 Å². The van der Waals surface area contributed by atoms with Gasteiger partial charge in [0.1, 0.15) is 0 Å². The predicted octanol–water partition coefficient (Wildman–Crippen LogP) is 4.86. The van der Waals surface area contributed by atoms with Crippen LogP contribution < -0.4 is 5.32 Å². The van der Waals surface area contributed by atoms with E-state index in [1.54, 1.807) is 12.1 Å². The fourth-order valence-corrected chi connectivity index (χ4v) is 3.82. The summed E-state index contributed by atoms with van der Waals surface area (Å²) >= 11 is 5.90. The molecule has 166 valence electrons. The fourth-order valence-electron chi connectivity index (χ4n) is 3.69. The number of amides is 2. The van der Waals surface area contributed by atoms with E-state index in [-0.39, 0.29) is 11.8 Å². The molecule has 2 heterocycles. The zero-order valence-electron chi connectivity index (χ0n) is 17.7. The molecule has 0 bridgehead atoms. The summed E-state index contributed by atoms with van der Waals surface area (Å²) in [5.41, 5.74) is 2.58. The van der Waals surface area contributed by atoms with Crippen LogP contribution in [0.25, 0.3) is 11.4 Å². The number of rotatable bonds is 8. The van der Waals surface area contributed by atoms with E-state index in [2.05, 4.69) is 15.5 Å². The Balaban J connectivity index is 1.25. The second kappa shape index (κ2) is 10.4. The minimum absolute atomic E-state index is 0.0753. The summed E-state index contributed by atoms with van der Waals surface area (Å²) in [7, 11) is 0. The summed E-state index contributed by atoms with van der Waals surface area (Å²) in [5, 5.41) is 7.57. The molecular weight excluding hydrogens is 428 g/mol. The van der Waals surface area contributed by atoms with Gasteiger partial charge in [0.25, 0.3) is 0 Å². The molecule has 7 nitrogen and oxygen atoms in total. The molecule has 32 heavy (non-hydrogen) atoms. The molecule has 0 saturated carbocycles. The lowest BCUT2D eigenvalue weighted by atomic mass is 10.1. The Morgan fingerprint density at radius 3 is 2.81 bits per heavy atom. The Morgan fingerprint density at radius 1 is 1.16 bits per heavy atom. The summed E-state index contributed by atoms with van der Waals surface area (Å²) in [6, 6.07) is 14.9. The van der Waals surface area contributed by atoms with Gasteiger partial charge >= 0.3 is 0 Å². The Labute approximate surface area is 191 Å². The average molecular weight is 453 g/mol. The number of carbonyl (C=O) groups is 2. The number of nitrogens with zero attached hydrogens (tertiary/aromatic N) is 3. The molecule has 2 amide bonds. The van der Waals surface area contributed by atoms with Gasteiger partial charge in [-0.15, -0.1) is 0 Å². The normalized spacial score (nSPS) is 13.9. The Hall–Kier alpha value is -3.19. The number of nitrogens with one attached hydrogen (secondary N) is 1. The van der Waals surface area contributed by atoms with E-state index in [1.165, 1.54) is 0 Å². The van der Waals surface area contributed by atoms with Gasteiger partial charge in [-0.3, -0.25) is 9.59 Å². The highest BCUT2D eigenvalue weighted by atomic mass is 35.5. The van der Waals surface area contributed by atoms with Crippen molar-refractivity contribution in [3.63, 3.8) is 0 Å². The van der Waals surface area contributed by atoms with E-state index in [4.69, 9.17) is 16.1 Å². The van der Waals surface area contributed by atoms with Crippen LogP contribution in [0.1, 0.15) is 43.6 Å². The minimum atomic E-state index is -0.0753. The monoisotopic (exact) mass is 452 g/mol. The number of hydrogen-bond acceptors (Lipinski definition) is 5. The molecule has 1 fully saturated rings. The van der Waals surface area contributed by atoms with Crippen molar-refractivity contribution in [1.29, 1.82) is 0 Å². The van der Waals surface area contributed by atoms with Crippen LogP contribution >= 0.6 is 11.6 Å². The third-order valence-corrected chi connectivity index (χ3v) is 5.62. The Kier molecular flexibility index (Phi) is 7.17. The number of hydrogen-bond donors (Lipinski definition) is 1. The number of halogens is 1. The number of piperidine rings is 1. The van der Waals surface area contributed by atoms with E-state index in [9.17, 15) is 9.59 Å². The maximum Gasteiger partial charge on any atom is 0.226 e. The molecule has 0 radical (unpaired) electrons. The molecule has 4 rings (SSSR count). The third kappa shape index (κ3) is 5.95. The molecule has 1 saturated heterocycles. The van der Waals surface area contributed by atoms with Crippen LogP contribution in [0.4, 0.5) is 5.69 Å². The van der Waals surface area contributed by atoms with Crippen LogP contribution in [0.15, 0.2) is 53.1 Å². The first-order valence-electron chi connectivity index (χ1n) is 10.8. The maximum absolute atomic E-state index is 12.4. The molecule has 3 aromatic rings. The molecule has 1 aromatic heterocycles. The lowest BCUT2D eigenvalue weighted by Crippen LogP contribution is -2.34. The van der Waals surface area contributed by atoms with E-state index in [0.717, 1.165) is 36.2 Å². The highest BCUT2D eigenvalue weighted by Crippen LogP contribution is 2.20. The smallest absolute Gasteiger partial charge is 0.226 e. The first kappa shape index (κ1) is 22.0. The first-order chi connectivity index (χ1) is 15.6. The van der Waals surface area contributed by atoms with Crippen molar-refractivity contribution in [2.45, 2.75) is 45.1 Å². The summed E-state index contributed by atoms with van der Waals surface area (Å²) in [6.07, 6.45) is 4.09. The predicted molar refractivity (Wildman–Crippen MR) is 122 cm³/mol. The summed E-state index contributed by atoms with van der Waals surface area (Å²) < 4.78 is 5.29. The Morgan fingerprint density at radius 2 is 2.00 bits per heavy atom. The molecule has 2 aromatic carbocycles. The highest BCUT2D eigenvalue weighted by molar-refractivity contribution is 6.30. The standard InChI is InChI=1S/C24H25ClN4O3/c25-19-12-10-18(11-13-19)24-27-22(32-28-24)8-4-7-21(30)26-20-6-3-5-17(15-20)16-29-14-2-1-9-23(29)31/h3,5-6,10-13,15H,1-2,4,7-9,14,16H2,(H,26,30). The van der Waals surface area contributed by atoms with Crippen LogP contribution in [-0.4, -0.2) is 33.4 Å². The van der Waals surface area contributed by atoms with Crippen molar-refractivity contribution < 1.29 is 14.1 Å². The summed E-state index contributed by atoms with van der Waals surface area (Å²) in [4.78, 5) is 30.6. The van der Waals surface area contributed by atoms with Crippen LogP contribution in [0, 0.1) is 0 Å². The zero-order valence-corrected chi connectivity index (χ0v) is 18.5. The van der Waals surface area contributed by atoms with Gasteiger partial charge < -0.3 is 14.7 Å². The van der Waals surface area contributed by atoms with E-state index >= 15 is 0 Å². The van der Waals surface area contributed by atoms with Gasteiger partial charge in [-0.2, -0.15) is 4.98 Å². The summed E-state index contributed by atoms with van der Waals surface area (Å²) in [6.45, 7) is 1.38. The van der Waals surface area contributed by atoms with Gasteiger partial charge in [0, 0.05) is 48.6 Å². The number of benzene rings is 2. The van der Waals surface area contributed by atoms with Crippen molar-refractivity contribution in [3.8, 4) is 11.4 Å². The molecule has 0 spiro atoms. The van der Waals surface area contributed by atoms with Gasteiger partial charge in [-0.25, -0.2) is 0 Å². The number of carbonyl (C=O) groups excluding carboxylic acids is 2. The van der Waals surface area contributed by atoms with Gasteiger partial charge in [-0.1, -0.05) is 28.9 Å². The molecule has 0 unspecified atom stereocenters. The molecule has 0 aliphatic carbocycles. The molecule has 1 aliphatic heterocycles. The number of aromatic nitrogens is 2. The lowest BCUT2D eigenvalue weighted by Gasteiger charge is -2.26. The van der Waals surface area contributed by atoms with Gasteiger partial charge in [0.05, 0.1) is 0 Å². The van der Waals surface area contributed by atoms with Crippen LogP contribution in [-0.2, 0) is 22.6 Å². The van der Waals surface area contributed by atoms with E-state index in [1.807, 2.05) is 41.3 Å². The SMILES string of the molecule is O=C(CCCc1nc(-c2ccc(Cl)cc2)no1)Nc1cccc(CN2CCCCC2=O)c1. The topological polar surface area (TPSA) is 88.3 Å². The van der Waals surface area contributed by atoms with Crippen molar-refractivity contribution >= 4 is 29.1 Å². The number of likely N-dealkylation sites (tertiary alicyclic amines) is 1. The lowest BCUT2D eigenvalue weighted by molar-refractivity contribution is -0.133.